The lowest BCUT2D eigenvalue weighted by Crippen LogP contribution is -2.39. The van der Waals surface area contributed by atoms with Crippen LogP contribution in [0, 0.1) is 5.92 Å². The SMILES string of the molecule is CC(C)CN(CCN(C)C)C(=O)Cc1csc(N)n1. The number of nitrogens with zero attached hydrogens (tertiary/aromatic N) is 3. The van der Waals surface area contributed by atoms with Crippen molar-refractivity contribution in [2.75, 3.05) is 39.5 Å². The molecule has 0 aliphatic rings. The highest BCUT2D eigenvalue weighted by molar-refractivity contribution is 7.13. The van der Waals surface area contributed by atoms with Crippen LogP contribution >= 0.6 is 11.3 Å². The predicted octanol–water partition coefficient (Wildman–Crippen LogP) is 1.31. The molecule has 1 rings (SSSR count). The summed E-state index contributed by atoms with van der Waals surface area (Å²) < 4.78 is 0. The van der Waals surface area contributed by atoms with Gasteiger partial charge in [-0.1, -0.05) is 13.8 Å². The van der Waals surface area contributed by atoms with Gasteiger partial charge in [0.05, 0.1) is 12.1 Å². The molecule has 0 saturated carbocycles. The van der Waals surface area contributed by atoms with E-state index in [0.717, 1.165) is 25.3 Å². The Labute approximate surface area is 119 Å². The molecule has 1 amide bonds. The fraction of sp³-hybridized carbons (Fsp3) is 0.692. The molecule has 1 aromatic rings. The summed E-state index contributed by atoms with van der Waals surface area (Å²) in [6.07, 6.45) is 0.341. The molecule has 6 heteroatoms. The van der Waals surface area contributed by atoms with Gasteiger partial charge in [0.2, 0.25) is 5.91 Å². The highest BCUT2D eigenvalue weighted by Crippen LogP contribution is 2.12. The summed E-state index contributed by atoms with van der Waals surface area (Å²) in [5, 5.41) is 2.37. The summed E-state index contributed by atoms with van der Waals surface area (Å²) in [6.45, 7) is 6.65. The first-order valence-electron chi connectivity index (χ1n) is 6.51. The van der Waals surface area contributed by atoms with E-state index in [4.69, 9.17) is 5.73 Å². The minimum atomic E-state index is 0.126. The van der Waals surface area contributed by atoms with Gasteiger partial charge in [-0.25, -0.2) is 4.98 Å². The van der Waals surface area contributed by atoms with E-state index in [1.165, 1.54) is 11.3 Å². The minimum Gasteiger partial charge on any atom is -0.375 e. The van der Waals surface area contributed by atoms with E-state index in [-0.39, 0.29) is 5.91 Å². The zero-order valence-corrected chi connectivity index (χ0v) is 13.0. The van der Waals surface area contributed by atoms with Gasteiger partial charge in [-0.3, -0.25) is 4.79 Å². The topological polar surface area (TPSA) is 62.5 Å². The first-order chi connectivity index (χ1) is 8.88. The molecule has 5 nitrogen and oxygen atoms in total. The van der Waals surface area contributed by atoms with E-state index in [0.29, 0.717) is 17.5 Å². The quantitative estimate of drug-likeness (QED) is 0.820. The average Bonchev–Trinajstić information content (AvgIpc) is 2.69. The molecular weight excluding hydrogens is 260 g/mol. The van der Waals surface area contributed by atoms with Gasteiger partial charge in [0, 0.05) is 25.0 Å². The largest absolute Gasteiger partial charge is 0.375 e. The number of nitrogens with two attached hydrogens (primary N) is 1. The van der Waals surface area contributed by atoms with Crippen LogP contribution in [0.4, 0.5) is 5.13 Å². The second-order valence-corrected chi connectivity index (χ2v) is 6.28. The number of amides is 1. The highest BCUT2D eigenvalue weighted by Gasteiger charge is 2.16. The maximum absolute atomic E-state index is 12.3. The Balaban J connectivity index is 2.59. The molecule has 19 heavy (non-hydrogen) atoms. The molecule has 0 radical (unpaired) electrons. The third-order valence-corrected chi connectivity index (χ3v) is 3.38. The molecule has 0 spiro atoms. The fourth-order valence-electron chi connectivity index (χ4n) is 1.75. The van der Waals surface area contributed by atoms with Gasteiger partial charge in [-0.15, -0.1) is 11.3 Å². The standard InChI is InChI=1S/C13H24N4OS/c1-10(2)8-17(6-5-16(3)4)12(18)7-11-9-19-13(14)15-11/h9-10H,5-8H2,1-4H3,(H2,14,15). The van der Waals surface area contributed by atoms with Crippen molar-refractivity contribution in [2.45, 2.75) is 20.3 Å². The number of rotatable bonds is 7. The van der Waals surface area contributed by atoms with Crippen molar-refractivity contribution < 1.29 is 4.79 Å². The second kappa shape index (κ2) is 7.45. The van der Waals surface area contributed by atoms with Crippen LogP contribution in [0.1, 0.15) is 19.5 Å². The van der Waals surface area contributed by atoms with E-state index in [9.17, 15) is 4.79 Å². The van der Waals surface area contributed by atoms with Crippen molar-refractivity contribution in [3.05, 3.63) is 11.1 Å². The Morgan fingerprint density at radius 2 is 2.11 bits per heavy atom. The van der Waals surface area contributed by atoms with Crippen molar-refractivity contribution >= 4 is 22.4 Å². The van der Waals surface area contributed by atoms with Crippen LogP contribution in [-0.4, -0.2) is 54.4 Å². The van der Waals surface area contributed by atoms with E-state index < -0.39 is 0 Å². The van der Waals surface area contributed by atoms with Crippen LogP contribution in [0.5, 0.6) is 0 Å². The normalized spacial score (nSPS) is 11.3. The third kappa shape index (κ3) is 6.02. The van der Waals surface area contributed by atoms with Gasteiger partial charge < -0.3 is 15.5 Å². The molecule has 0 saturated heterocycles. The van der Waals surface area contributed by atoms with Gasteiger partial charge in [-0.2, -0.15) is 0 Å². The number of hydrogen-bond donors (Lipinski definition) is 1. The van der Waals surface area contributed by atoms with Gasteiger partial charge >= 0.3 is 0 Å². The fourth-order valence-corrected chi connectivity index (χ4v) is 2.31. The van der Waals surface area contributed by atoms with Crippen molar-refractivity contribution in [1.82, 2.24) is 14.8 Å². The third-order valence-electron chi connectivity index (χ3n) is 2.66. The summed E-state index contributed by atoms with van der Waals surface area (Å²) in [5.41, 5.74) is 6.35. The van der Waals surface area contributed by atoms with Crippen molar-refractivity contribution in [3.8, 4) is 0 Å². The lowest BCUT2D eigenvalue weighted by atomic mass is 10.2. The molecule has 2 N–H and O–H groups in total. The van der Waals surface area contributed by atoms with Crippen molar-refractivity contribution in [3.63, 3.8) is 0 Å². The molecule has 0 atom stereocenters. The maximum atomic E-state index is 12.3. The number of hydrogen-bond acceptors (Lipinski definition) is 5. The number of nitrogen functional groups attached to an aromatic ring is 1. The Bertz CT molecular complexity index is 403. The Morgan fingerprint density at radius 3 is 2.58 bits per heavy atom. The van der Waals surface area contributed by atoms with Gasteiger partial charge in [-0.05, 0) is 20.0 Å². The van der Waals surface area contributed by atoms with Gasteiger partial charge in [0.25, 0.3) is 0 Å². The van der Waals surface area contributed by atoms with E-state index in [2.05, 4.69) is 23.7 Å². The Kier molecular flexibility index (Phi) is 6.24. The number of carbonyl (C=O) groups excluding carboxylic acids is 1. The zero-order chi connectivity index (χ0) is 14.4. The zero-order valence-electron chi connectivity index (χ0n) is 12.2. The van der Waals surface area contributed by atoms with Crippen LogP contribution in [0.25, 0.3) is 0 Å². The lowest BCUT2D eigenvalue weighted by molar-refractivity contribution is -0.131. The molecule has 0 aliphatic carbocycles. The van der Waals surface area contributed by atoms with Crippen LogP contribution < -0.4 is 5.73 Å². The van der Waals surface area contributed by atoms with E-state index in [1.54, 1.807) is 0 Å². The van der Waals surface area contributed by atoms with Crippen molar-refractivity contribution in [1.29, 1.82) is 0 Å². The van der Waals surface area contributed by atoms with Gasteiger partial charge in [0.15, 0.2) is 5.13 Å². The smallest absolute Gasteiger partial charge is 0.228 e. The summed E-state index contributed by atoms with van der Waals surface area (Å²) in [6, 6.07) is 0. The molecule has 0 bridgehead atoms. The molecular formula is C13H24N4OS. The number of likely N-dealkylation sites (N-methyl/N-ethyl adjacent to an activating group) is 1. The van der Waals surface area contributed by atoms with E-state index >= 15 is 0 Å². The molecule has 0 unspecified atom stereocenters. The number of anilines is 1. The number of thiazole rings is 1. The molecule has 108 valence electrons. The summed E-state index contributed by atoms with van der Waals surface area (Å²) in [5.74, 6) is 0.590. The van der Waals surface area contributed by atoms with Gasteiger partial charge in [0.1, 0.15) is 0 Å². The monoisotopic (exact) mass is 284 g/mol. The molecule has 0 aliphatic heterocycles. The summed E-state index contributed by atoms with van der Waals surface area (Å²) in [4.78, 5) is 20.4. The Morgan fingerprint density at radius 1 is 1.42 bits per heavy atom. The Hall–Kier alpha value is -1.14. The first kappa shape index (κ1) is 15.9. The second-order valence-electron chi connectivity index (χ2n) is 5.39. The van der Waals surface area contributed by atoms with Crippen LogP contribution in [-0.2, 0) is 11.2 Å². The number of carbonyl (C=O) groups is 1. The minimum absolute atomic E-state index is 0.126. The molecule has 0 aromatic carbocycles. The maximum Gasteiger partial charge on any atom is 0.228 e. The lowest BCUT2D eigenvalue weighted by Gasteiger charge is -2.26. The summed E-state index contributed by atoms with van der Waals surface area (Å²) >= 11 is 1.38. The van der Waals surface area contributed by atoms with Crippen molar-refractivity contribution in [2.24, 2.45) is 5.92 Å². The molecule has 1 heterocycles. The first-order valence-corrected chi connectivity index (χ1v) is 7.38. The summed E-state index contributed by atoms with van der Waals surface area (Å²) in [7, 11) is 4.03. The molecule has 0 fully saturated rings. The van der Waals surface area contributed by atoms with Crippen LogP contribution in [0.3, 0.4) is 0 Å². The van der Waals surface area contributed by atoms with Crippen LogP contribution in [0.15, 0.2) is 5.38 Å². The predicted molar refractivity (Wildman–Crippen MR) is 80.2 cm³/mol. The van der Waals surface area contributed by atoms with Crippen LogP contribution in [0.2, 0.25) is 0 Å². The number of aromatic nitrogens is 1. The molecule has 1 aromatic heterocycles. The average molecular weight is 284 g/mol. The highest BCUT2D eigenvalue weighted by atomic mass is 32.1. The van der Waals surface area contributed by atoms with E-state index in [1.807, 2.05) is 24.4 Å².